The maximum Gasteiger partial charge on any atom is 0.221 e. The second kappa shape index (κ2) is 7.55. The van der Waals surface area contributed by atoms with E-state index < -0.39 is 0 Å². The van der Waals surface area contributed by atoms with Crippen LogP contribution in [0.3, 0.4) is 0 Å². The molecular formula is C15H21N3O. The third-order valence-electron chi connectivity index (χ3n) is 2.82. The van der Waals surface area contributed by atoms with Gasteiger partial charge in [-0.3, -0.25) is 4.79 Å². The van der Waals surface area contributed by atoms with E-state index in [2.05, 4.69) is 30.6 Å². The van der Waals surface area contributed by atoms with Gasteiger partial charge in [0.2, 0.25) is 5.91 Å². The first-order chi connectivity index (χ1) is 9.02. The molecule has 4 nitrogen and oxygen atoms in total. The fourth-order valence-electron chi connectivity index (χ4n) is 1.72. The minimum atomic E-state index is -0.0423. The molecule has 4 heteroatoms. The average Bonchev–Trinajstić information content (AvgIpc) is 2.38. The molecule has 0 saturated carbocycles. The van der Waals surface area contributed by atoms with Crippen molar-refractivity contribution in [3.8, 4) is 6.07 Å². The molecule has 0 aromatic heterocycles. The smallest absolute Gasteiger partial charge is 0.221 e. The van der Waals surface area contributed by atoms with Crippen LogP contribution in [0.5, 0.6) is 0 Å². The van der Waals surface area contributed by atoms with Crippen LogP contribution in [0.25, 0.3) is 0 Å². The molecule has 0 aliphatic carbocycles. The van der Waals surface area contributed by atoms with Crippen molar-refractivity contribution >= 4 is 5.91 Å². The number of carbonyl (C=O) groups excluding carboxylic acids is 1. The molecule has 0 aliphatic heterocycles. The summed E-state index contributed by atoms with van der Waals surface area (Å²) >= 11 is 0. The molecule has 1 unspecified atom stereocenters. The molecule has 1 atom stereocenters. The molecule has 0 heterocycles. The van der Waals surface area contributed by atoms with Gasteiger partial charge in [0, 0.05) is 19.0 Å². The number of hydrogen-bond donors (Lipinski definition) is 2. The van der Waals surface area contributed by atoms with Crippen molar-refractivity contribution in [1.29, 1.82) is 5.26 Å². The first-order valence-electron chi connectivity index (χ1n) is 6.55. The van der Waals surface area contributed by atoms with Crippen molar-refractivity contribution < 1.29 is 4.79 Å². The molecule has 2 N–H and O–H groups in total. The van der Waals surface area contributed by atoms with E-state index >= 15 is 0 Å². The van der Waals surface area contributed by atoms with E-state index in [0.29, 0.717) is 24.6 Å². The third kappa shape index (κ3) is 5.54. The Balaban J connectivity index is 2.43. The van der Waals surface area contributed by atoms with Crippen LogP contribution in [0.15, 0.2) is 24.3 Å². The first-order valence-corrected chi connectivity index (χ1v) is 6.55. The lowest BCUT2D eigenvalue weighted by atomic mass is 10.1. The van der Waals surface area contributed by atoms with Crippen LogP contribution < -0.4 is 10.6 Å². The summed E-state index contributed by atoms with van der Waals surface area (Å²) in [7, 11) is 0. The third-order valence-corrected chi connectivity index (χ3v) is 2.82. The SMILES string of the molecule is CC(C)NCCC(=O)NC(C)c1ccc(C#N)cc1. The largest absolute Gasteiger partial charge is 0.350 e. The molecular weight excluding hydrogens is 238 g/mol. The molecule has 0 saturated heterocycles. The van der Waals surface area contributed by atoms with E-state index in [1.807, 2.05) is 19.1 Å². The fourth-order valence-corrected chi connectivity index (χ4v) is 1.72. The van der Waals surface area contributed by atoms with E-state index in [1.54, 1.807) is 12.1 Å². The van der Waals surface area contributed by atoms with Gasteiger partial charge < -0.3 is 10.6 Å². The number of rotatable bonds is 6. The highest BCUT2D eigenvalue weighted by molar-refractivity contribution is 5.76. The van der Waals surface area contributed by atoms with Crippen molar-refractivity contribution in [3.05, 3.63) is 35.4 Å². The molecule has 0 radical (unpaired) electrons. The molecule has 1 rings (SSSR count). The van der Waals surface area contributed by atoms with E-state index in [1.165, 1.54) is 0 Å². The Bertz CT molecular complexity index is 445. The summed E-state index contributed by atoms with van der Waals surface area (Å²) in [5.74, 6) is 0.0324. The standard InChI is InChI=1S/C15H21N3O/c1-11(2)17-9-8-15(19)18-12(3)14-6-4-13(10-16)5-7-14/h4-7,11-12,17H,8-9H2,1-3H3,(H,18,19). The number of nitrogens with zero attached hydrogens (tertiary/aromatic N) is 1. The van der Waals surface area contributed by atoms with Crippen LogP contribution >= 0.6 is 0 Å². The molecule has 1 aromatic carbocycles. The van der Waals surface area contributed by atoms with Gasteiger partial charge in [-0.15, -0.1) is 0 Å². The molecule has 1 amide bonds. The van der Waals surface area contributed by atoms with Gasteiger partial charge in [-0.25, -0.2) is 0 Å². The lowest BCUT2D eigenvalue weighted by molar-refractivity contribution is -0.121. The van der Waals surface area contributed by atoms with Crippen LogP contribution in [-0.4, -0.2) is 18.5 Å². The Kier molecular flexibility index (Phi) is 6.04. The number of nitrogens with one attached hydrogen (secondary N) is 2. The van der Waals surface area contributed by atoms with E-state index in [0.717, 1.165) is 5.56 Å². The van der Waals surface area contributed by atoms with E-state index in [9.17, 15) is 4.79 Å². The van der Waals surface area contributed by atoms with Crippen LogP contribution in [0.2, 0.25) is 0 Å². The molecule has 102 valence electrons. The summed E-state index contributed by atoms with van der Waals surface area (Å²) in [6.45, 7) is 6.73. The van der Waals surface area contributed by atoms with Crippen LogP contribution in [0.1, 0.15) is 44.4 Å². The first kappa shape index (κ1) is 15.2. The van der Waals surface area contributed by atoms with E-state index in [4.69, 9.17) is 5.26 Å². The minimum Gasteiger partial charge on any atom is -0.350 e. The quantitative estimate of drug-likeness (QED) is 0.822. The van der Waals surface area contributed by atoms with E-state index in [-0.39, 0.29) is 11.9 Å². The summed E-state index contributed by atoms with van der Waals surface area (Å²) in [4.78, 5) is 11.7. The highest BCUT2D eigenvalue weighted by Gasteiger charge is 2.09. The number of amides is 1. The average molecular weight is 259 g/mol. The summed E-state index contributed by atoms with van der Waals surface area (Å²) in [6.07, 6.45) is 0.471. The summed E-state index contributed by atoms with van der Waals surface area (Å²) in [5, 5.41) is 14.9. The van der Waals surface area contributed by atoms with Gasteiger partial charge in [0.15, 0.2) is 0 Å². The Morgan fingerprint density at radius 2 is 1.89 bits per heavy atom. The van der Waals surface area contributed by atoms with Crippen molar-refractivity contribution in [3.63, 3.8) is 0 Å². The zero-order valence-corrected chi connectivity index (χ0v) is 11.7. The fraction of sp³-hybridized carbons (Fsp3) is 0.467. The zero-order valence-electron chi connectivity index (χ0n) is 11.7. The van der Waals surface area contributed by atoms with Crippen molar-refractivity contribution in [2.45, 2.75) is 39.3 Å². The number of nitriles is 1. The van der Waals surface area contributed by atoms with Crippen LogP contribution in [-0.2, 0) is 4.79 Å². The van der Waals surface area contributed by atoms with Crippen LogP contribution in [0.4, 0.5) is 0 Å². The maximum atomic E-state index is 11.7. The zero-order chi connectivity index (χ0) is 14.3. The number of carbonyl (C=O) groups is 1. The number of hydrogen-bond acceptors (Lipinski definition) is 3. The maximum absolute atomic E-state index is 11.7. The van der Waals surface area contributed by atoms with Crippen molar-refractivity contribution in [1.82, 2.24) is 10.6 Å². The second-order valence-corrected chi connectivity index (χ2v) is 4.88. The van der Waals surface area contributed by atoms with Gasteiger partial charge in [0.1, 0.15) is 0 Å². The highest BCUT2D eigenvalue weighted by Crippen LogP contribution is 2.13. The number of benzene rings is 1. The predicted octanol–water partition coefficient (Wildman–Crippen LogP) is 2.12. The predicted molar refractivity (Wildman–Crippen MR) is 75.5 cm³/mol. The highest BCUT2D eigenvalue weighted by atomic mass is 16.1. The monoisotopic (exact) mass is 259 g/mol. The molecule has 0 bridgehead atoms. The molecule has 0 fully saturated rings. The second-order valence-electron chi connectivity index (χ2n) is 4.88. The van der Waals surface area contributed by atoms with Crippen molar-refractivity contribution in [2.75, 3.05) is 6.54 Å². The molecule has 0 spiro atoms. The molecule has 0 aliphatic rings. The van der Waals surface area contributed by atoms with Crippen molar-refractivity contribution in [2.24, 2.45) is 0 Å². The van der Waals surface area contributed by atoms with Crippen LogP contribution in [0, 0.1) is 11.3 Å². The Morgan fingerprint density at radius 3 is 2.42 bits per heavy atom. The Hall–Kier alpha value is -1.86. The molecule has 1 aromatic rings. The topological polar surface area (TPSA) is 64.9 Å². The molecule has 19 heavy (non-hydrogen) atoms. The lowest BCUT2D eigenvalue weighted by Crippen LogP contribution is -2.31. The lowest BCUT2D eigenvalue weighted by Gasteiger charge is -2.15. The summed E-state index contributed by atoms with van der Waals surface area (Å²) < 4.78 is 0. The Morgan fingerprint density at radius 1 is 1.26 bits per heavy atom. The summed E-state index contributed by atoms with van der Waals surface area (Å²) in [6, 6.07) is 9.69. The summed E-state index contributed by atoms with van der Waals surface area (Å²) in [5.41, 5.74) is 1.63. The van der Waals surface area contributed by atoms with Gasteiger partial charge in [-0.1, -0.05) is 26.0 Å². The van der Waals surface area contributed by atoms with Gasteiger partial charge in [0.05, 0.1) is 17.7 Å². The Labute approximate surface area is 114 Å². The minimum absolute atomic E-state index is 0.0324. The van der Waals surface area contributed by atoms with Gasteiger partial charge in [-0.2, -0.15) is 5.26 Å². The van der Waals surface area contributed by atoms with Gasteiger partial charge >= 0.3 is 0 Å². The van der Waals surface area contributed by atoms with Gasteiger partial charge in [0.25, 0.3) is 0 Å². The normalized spacial score (nSPS) is 11.9. The van der Waals surface area contributed by atoms with Gasteiger partial charge in [-0.05, 0) is 24.6 Å².